The van der Waals surface area contributed by atoms with Crippen LogP contribution in [0.25, 0.3) is 0 Å². The zero-order valence-electron chi connectivity index (χ0n) is 15.1. The first-order valence-corrected chi connectivity index (χ1v) is 10.3. The van der Waals surface area contributed by atoms with Crippen molar-refractivity contribution >= 4 is 23.6 Å². The van der Waals surface area contributed by atoms with Crippen LogP contribution in [0.2, 0.25) is 0 Å². The molecule has 136 valence electrons. The maximum absolute atomic E-state index is 12.4. The quantitative estimate of drug-likeness (QED) is 0.827. The number of thioether (sulfide) groups is 1. The average Bonchev–Trinajstić information content (AvgIpc) is 2.65. The van der Waals surface area contributed by atoms with Crippen molar-refractivity contribution < 1.29 is 9.59 Å². The van der Waals surface area contributed by atoms with Gasteiger partial charge in [-0.05, 0) is 55.6 Å². The molecule has 2 saturated heterocycles. The van der Waals surface area contributed by atoms with Crippen LogP contribution in [0, 0.1) is 5.41 Å². The minimum Gasteiger partial charge on any atom is -0.342 e. The number of hydrogen-bond donors (Lipinski definition) is 0. The Bertz CT molecular complexity index is 614. The summed E-state index contributed by atoms with van der Waals surface area (Å²) < 4.78 is 0. The van der Waals surface area contributed by atoms with Gasteiger partial charge in [0, 0.05) is 45.0 Å². The Morgan fingerprint density at radius 1 is 1.28 bits per heavy atom. The van der Waals surface area contributed by atoms with Gasteiger partial charge in [0.15, 0.2) is 0 Å². The summed E-state index contributed by atoms with van der Waals surface area (Å²) in [5.74, 6) is 0.500. The van der Waals surface area contributed by atoms with Gasteiger partial charge in [0.1, 0.15) is 0 Å². The number of piperidine rings is 2. The highest BCUT2D eigenvalue weighted by Gasteiger charge is 2.41. The molecule has 0 aliphatic carbocycles. The summed E-state index contributed by atoms with van der Waals surface area (Å²) in [7, 11) is 0. The molecule has 2 aliphatic heterocycles. The van der Waals surface area contributed by atoms with E-state index in [9.17, 15) is 9.59 Å². The highest BCUT2D eigenvalue weighted by atomic mass is 32.2. The Kier molecular flexibility index (Phi) is 5.67. The predicted octanol–water partition coefficient (Wildman–Crippen LogP) is 2.56. The summed E-state index contributed by atoms with van der Waals surface area (Å²) in [6.07, 6.45) is 9.11. The van der Waals surface area contributed by atoms with Gasteiger partial charge in [0.2, 0.25) is 11.8 Å². The number of nitrogens with zero attached hydrogens (tertiary/aromatic N) is 3. The molecule has 2 aliphatic rings. The van der Waals surface area contributed by atoms with Crippen LogP contribution >= 0.6 is 11.8 Å². The summed E-state index contributed by atoms with van der Waals surface area (Å²) in [6, 6.07) is 3.94. The SMILES string of the molecule is CS[C@H](C)C(=O)N1CCC2(CCC(=O)N(Cc3ccncc3)C2)CC1. The van der Waals surface area contributed by atoms with Crippen LogP contribution in [0.3, 0.4) is 0 Å². The first-order valence-electron chi connectivity index (χ1n) is 9.01. The molecular formula is C19H27N3O2S. The number of amides is 2. The maximum Gasteiger partial charge on any atom is 0.235 e. The van der Waals surface area contributed by atoms with Crippen LogP contribution in [0.4, 0.5) is 0 Å². The van der Waals surface area contributed by atoms with Crippen LogP contribution in [0.1, 0.15) is 38.2 Å². The van der Waals surface area contributed by atoms with Crippen LogP contribution in [0.15, 0.2) is 24.5 Å². The Morgan fingerprint density at radius 3 is 2.60 bits per heavy atom. The van der Waals surface area contributed by atoms with Crippen LogP contribution in [-0.4, -0.2) is 57.7 Å². The van der Waals surface area contributed by atoms with Crippen molar-refractivity contribution in [2.75, 3.05) is 25.9 Å². The molecule has 0 radical (unpaired) electrons. The third kappa shape index (κ3) is 4.17. The van der Waals surface area contributed by atoms with E-state index in [2.05, 4.69) is 4.98 Å². The molecule has 6 heteroatoms. The van der Waals surface area contributed by atoms with Gasteiger partial charge >= 0.3 is 0 Å². The molecule has 3 heterocycles. The Balaban J connectivity index is 1.61. The van der Waals surface area contributed by atoms with E-state index < -0.39 is 0 Å². The fraction of sp³-hybridized carbons (Fsp3) is 0.632. The van der Waals surface area contributed by atoms with Crippen molar-refractivity contribution in [1.29, 1.82) is 0 Å². The predicted molar refractivity (Wildman–Crippen MR) is 100 cm³/mol. The van der Waals surface area contributed by atoms with Gasteiger partial charge in [-0.25, -0.2) is 0 Å². The standard InChI is InChI=1S/C19H27N3O2S/c1-15(25-2)18(24)21-11-7-19(8-12-21)6-3-17(23)22(14-19)13-16-4-9-20-10-5-16/h4-5,9-10,15H,3,6-8,11-14H2,1-2H3/t15-/m1/s1. The Labute approximate surface area is 154 Å². The number of rotatable bonds is 4. The van der Waals surface area contributed by atoms with E-state index in [0.717, 1.165) is 44.5 Å². The van der Waals surface area contributed by atoms with Crippen molar-refractivity contribution in [3.05, 3.63) is 30.1 Å². The molecule has 1 spiro atoms. The minimum absolute atomic E-state index is 0.0326. The number of pyridine rings is 1. The van der Waals surface area contributed by atoms with Crippen molar-refractivity contribution in [1.82, 2.24) is 14.8 Å². The van der Waals surface area contributed by atoms with E-state index in [1.807, 2.05) is 35.1 Å². The second-order valence-corrected chi connectivity index (χ2v) is 8.49. The molecule has 25 heavy (non-hydrogen) atoms. The lowest BCUT2D eigenvalue weighted by Gasteiger charge is -2.47. The molecule has 0 bridgehead atoms. The largest absolute Gasteiger partial charge is 0.342 e. The van der Waals surface area contributed by atoms with E-state index >= 15 is 0 Å². The van der Waals surface area contributed by atoms with Crippen molar-refractivity contribution in [2.45, 2.75) is 44.4 Å². The summed E-state index contributed by atoms with van der Waals surface area (Å²) in [4.78, 5) is 32.8. The van der Waals surface area contributed by atoms with Crippen LogP contribution in [-0.2, 0) is 16.1 Å². The second-order valence-electron chi connectivity index (χ2n) is 7.31. The van der Waals surface area contributed by atoms with Gasteiger partial charge in [-0.15, -0.1) is 0 Å². The molecule has 1 atom stereocenters. The molecule has 2 fully saturated rings. The number of hydrogen-bond acceptors (Lipinski definition) is 4. The highest BCUT2D eigenvalue weighted by molar-refractivity contribution is 7.99. The van der Waals surface area contributed by atoms with Crippen molar-refractivity contribution in [2.24, 2.45) is 5.41 Å². The number of carbonyl (C=O) groups is 2. The zero-order valence-corrected chi connectivity index (χ0v) is 15.9. The van der Waals surface area contributed by atoms with Gasteiger partial charge in [0.25, 0.3) is 0 Å². The van der Waals surface area contributed by atoms with Gasteiger partial charge < -0.3 is 9.80 Å². The number of likely N-dealkylation sites (tertiary alicyclic amines) is 2. The number of carbonyl (C=O) groups excluding carboxylic acids is 2. The van der Waals surface area contributed by atoms with Gasteiger partial charge in [-0.2, -0.15) is 11.8 Å². The fourth-order valence-electron chi connectivity index (χ4n) is 3.92. The second kappa shape index (κ2) is 7.77. The molecule has 3 rings (SSSR count). The van der Waals surface area contributed by atoms with E-state index in [-0.39, 0.29) is 22.5 Å². The first kappa shape index (κ1) is 18.2. The van der Waals surface area contributed by atoms with E-state index in [1.165, 1.54) is 0 Å². The van der Waals surface area contributed by atoms with Gasteiger partial charge in [-0.1, -0.05) is 0 Å². The molecular weight excluding hydrogens is 334 g/mol. The normalized spacial score (nSPS) is 21.4. The first-order chi connectivity index (χ1) is 12.0. The lowest BCUT2D eigenvalue weighted by atomic mass is 9.72. The van der Waals surface area contributed by atoms with Gasteiger partial charge in [0.05, 0.1) is 5.25 Å². The summed E-state index contributed by atoms with van der Waals surface area (Å²) in [5.41, 5.74) is 1.31. The molecule has 2 amide bonds. The smallest absolute Gasteiger partial charge is 0.235 e. The topological polar surface area (TPSA) is 53.5 Å². The maximum atomic E-state index is 12.4. The molecule has 1 aromatic rings. The summed E-state index contributed by atoms with van der Waals surface area (Å²) in [5, 5.41) is 0.0326. The van der Waals surface area contributed by atoms with Crippen molar-refractivity contribution in [3.63, 3.8) is 0 Å². The van der Waals surface area contributed by atoms with E-state index in [1.54, 1.807) is 24.2 Å². The lowest BCUT2D eigenvalue weighted by molar-refractivity contribution is -0.142. The third-order valence-corrected chi connectivity index (χ3v) is 6.62. The molecule has 0 aromatic carbocycles. The van der Waals surface area contributed by atoms with E-state index in [0.29, 0.717) is 13.0 Å². The third-order valence-electron chi connectivity index (χ3n) is 5.71. The monoisotopic (exact) mass is 361 g/mol. The molecule has 5 nitrogen and oxygen atoms in total. The Morgan fingerprint density at radius 2 is 1.96 bits per heavy atom. The summed E-state index contributed by atoms with van der Waals surface area (Å²) in [6.45, 7) is 5.10. The molecule has 0 unspecified atom stereocenters. The summed E-state index contributed by atoms with van der Waals surface area (Å²) >= 11 is 1.61. The minimum atomic E-state index is 0.0326. The number of aromatic nitrogens is 1. The fourth-order valence-corrected chi connectivity index (χ4v) is 4.27. The zero-order chi connectivity index (χ0) is 17.9. The Hall–Kier alpha value is -1.56. The van der Waals surface area contributed by atoms with E-state index in [4.69, 9.17) is 0 Å². The molecule has 1 aromatic heterocycles. The molecule has 0 saturated carbocycles. The molecule has 0 N–H and O–H groups in total. The van der Waals surface area contributed by atoms with Gasteiger partial charge in [-0.3, -0.25) is 14.6 Å². The van der Waals surface area contributed by atoms with Crippen LogP contribution in [0.5, 0.6) is 0 Å². The van der Waals surface area contributed by atoms with Crippen LogP contribution < -0.4 is 0 Å². The average molecular weight is 362 g/mol. The van der Waals surface area contributed by atoms with Crippen molar-refractivity contribution in [3.8, 4) is 0 Å². The highest BCUT2D eigenvalue weighted by Crippen LogP contribution is 2.40. The lowest BCUT2D eigenvalue weighted by Crippen LogP contribution is -2.52.